The van der Waals surface area contributed by atoms with Gasteiger partial charge in [0.05, 0.1) is 12.1 Å². The second-order valence-corrected chi connectivity index (χ2v) is 5.26. The number of carbonyl (C=O) groups is 1. The summed E-state index contributed by atoms with van der Waals surface area (Å²) in [7, 11) is 0. The molecule has 1 heterocycles. The molecule has 0 bridgehead atoms. The summed E-state index contributed by atoms with van der Waals surface area (Å²) >= 11 is 1.46. The second-order valence-electron chi connectivity index (χ2n) is 4.06. The van der Waals surface area contributed by atoms with Gasteiger partial charge in [0.1, 0.15) is 5.75 Å². The maximum Gasteiger partial charge on any atom is 0.230 e. The molecule has 0 unspecified atom stereocenters. The number of benzene rings is 1. The van der Waals surface area contributed by atoms with Crippen molar-refractivity contribution in [1.29, 1.82) is 0 Å². The van der Waals surface area contributed by atoms with E-state index < -0.39 is 0 Å². The van der Waals surface area contributed by atoms with E-state index in [4.69, 9.17) is 0 Å². The van der Waals surface area contributed by atoms with Crippen LogP contribution < -0.4 is 5.32 Å². The largest absolute Gasteiger partial charge is 0.508 e. The lowest BCUT2D eigenvalue weighted by Crippen LogP contribution is -2.14. The second kappa shape index (κ2) is 5.18. The van der Waals surface area contributed by atoms with Crippen LogP contribution in [0.15, 0.2) is 24.3 Å². The van der Waals surface area contributed by atoms with Gasteiger partial charge in [-0.1, -0.05) is 12.1 Å². The summed E-state index contributed by atoms with van der Waals surface area (Å²) in [5, 5.41) is 12.7. The number of carbonyl (C=O) groups excluding carboxylic acids is 1. The third kappa shape index (κ3) is 3.07. The van der Waals surface area contributed by atoms with Gasteiger partial charge in [-0.05, 0) is 31.5 Å². The third-order valence-electron chi connectivity index (χ3n) is 2.55. The summed E-state index contributed by atoms with van der Waals surface area (Å²) in [6, 6.07) is 6.68. The Morgan fingerprint density at radius 3 is 2.83 bits per heavy atom. The fourth-order valence-corrected chi connectivity index (χ4v) is 2.37. The number of anilines is 1. The van der Waals surface area contributed by atoms with Gasteiger partial charge in [0.2, 0.25) is 5.91 Å². The molecule has 0 aliphatic rings. The summed E-state index contributed by atoms with van der Waals surface area (Å²) in [5.41, 5.74) is 1.71. The number of aromatic nitrogens is 1. The zero-order valence-electron chi connectivity index (χ0n) is 10.2. The SMILES string of the molecule is Cc1nc(NC(=O)Cc2cccc(O)c2)sc1C. The van der Waals surface area contributed by atoms with Crippen molar-refractivity contribution < 1.29 is 9.90 Å². The van der Waals surface area contributed by atoms with E-state index >= 15 is 0 Å². The van der Waals surface area contributed by atoms with Crippen LogP contribution in [0, 0.1) is 13.8 Å². The monoisotopic (exact) mass is 262 g/mol. The van der Waals surface area contributed by atoms with Crippen molar-refractivity contribution >= 4 is 22.4 Å². The van der Waals surface area contributed by atoms with Gasteiger partial charge in [0.25, 0.3) is 0 Å². The van der Waals surface area contributed by atoms with Gasteiger partial charge in [-0.2, -0.15) is 0 Å². The van der Waals surface area contributed by atoms with Crippen LogP contribution >= 0.6 is 11.3 Å². The Bertz CT molecular complexity index is 559. The van der Waals surface area contributed by atoms with Gasteiger partial charge in [0.15, 0.2) is 5.13 Å². The molecule has 0 aliphatic heterocycles. The van der Waals surface area contributed by atoms with Crippen molar-refractivity contribution in [3.05, 3.63) is 40.4 Å². The predicted molar refractivity (Wildman–Crippen MR) is 72.0 cm³/mol. The van der Waals surface area contributed by atoms with Crippen molar-refractivity contribution in [2.24, 2.45) is 0 Å². The van der Waals surface area contributed by atoms with Gasteiger partial charge in [-0.3, -0.25) is 4.79 Å². The van der Waals surface area contributed by atoms with Crippen LogP contribution in [0.25, 0.3) is 0 Å². The summed E-state index contributed by atoms with van der Waals surface area (Å²) < 4.78 is 0. The fourth-order valence-electron chi connectivity index (χ4n) is 1.54. The molecule has 0 saturated heterocycles. The molecule has 0 atom stereocenters. The lowest BCUT2D eigenvalue weighted by Gasteiger charge is -2.02. The zero-order chi connectivity index (χ0) is 13.1. The number of phenolic OH excluding ortho intramolecular Hbond substituents is 1. The summed E-state index contributed by atoms with van der Waals surface area (Å²) in [4.78, 5) is 17.1. The van der Waals surface area contributed by atoms with E-state index in [1.54, 1.807) is 24.3 Å². The maximum atomic E-state index is 11.8. The van der Waals surface area contributed by atoms with Crippen LogP contribution in [0.1, 0.15) is 16.1 Å². The number of hydrogen-bond donors (Lipinski definition) is 2. The average Bonchev–Trinajstić information content (AvgIpc) is 2.57. The lowest BCUT2D eigenvalue weighted by atomic mass is 10.1. The van der Waals surface area contributed by atoms with E-state index in [0.29, 0.717) is 5.13 Å². The quantitative estimate of drug-likeness (QED) is 0.894. The molecular formula is C13H14N2O2S. The van der Waals surface area contributed by atoms with Crippen molar-refractivity contribution in [3.8, 4) is 5.75 Å². The predicted octanol–water partition coefficient (Wildman–Crippen LogP) is 2.65. The number of amides is 1. The zero-order valence-corrected chi connectivity index (χ0v) is 11.0. The smallest absolute Gasteiger partial charge is 0.230 e. The Labute approximate surface area is 109 Å². The number of phenols is 1. The van der Waals surface area contributed by atoms with Crippen LogP contribution in [0.4, 0.5) is 5.13 Å². The average molecular weight is 262 g/mol. The topological polar surface area (TPSA) is 62.2 Å². The first-order chi connectivity index (χ1) is 8.54. The normalized spacial score (nSPS) is 10.3. The van der Waals surface area contributed by atoms with Crippen molar-refractivity contribution in [2.75, 3.05) is 5.32 Å². The van der Waals surface area contributed by atoms with E-state index in [9.17, 15) is 9.90 Å². The summed E-state index contributed by atoms with van der Waals surface area (Å²) in [5.74, 6) is 0.0376. The van der Waals surface area contributed by atoms with E-state index in [1.807, 2.05) is 13.8 Å². The Morgan fingerprint density at radius 2 is 2.22 bits per heavy atom. The van der Waals surface area contributed by atoms with E-state index in [1.165, 1.54) is 11.3 Å². The van der Waals surface area contributed by atoms with Gasteiger partial charge in [0, 0.05) is 4.88 Å². The molecule has 1 aromatic heterocycles. The van der Waals surface area contributed by atoms with Crippen molar-refractivity contribution in [1.82, 2.24) is 4.98 Å². The highest BCUT2D eigenvalue weighted by Crippen LogP contribution is 2.21. The van der Waals surface area contributed by atoms with Crippen LogP contribution in [0.2, 0.25) is 0 Å². The highest BCUT2D eigenvalue weighted by atomic mass is 32.1. The molecule has 0 aliphatic carbocycles. The Morgan fingerprint density at radius 1 is 1.44 bits per heavy atom. The van der Waals surface area contributed by atoms with Crippen LogP contribution in [0.5, 0.6) is 5.75 Å². The molecule has 2 rings (SSSR count). The number of nitrogens with one attached hydrogen (secondary N) is 1. The Kier molecular flexibility index (Phi) is 3.62. The van der Waals surface area contributed by atoms with Crippen LogP contribution in [-0.2, 0) is 11.2 Å². The first-order valence-corrected chi connectivity index (χ1v) is 6.38. The molecule has 0 fully saturated rings. The van der Waals surface area contributed by atoms with Crippen LogP contribution in [-0.4, -0.2) is 16.0 Å². The molecule has 18 heavy (non-hydrogen) atoms. The summed E-state index contributed by atoms with van der Waals surface area (Å²) in [6.07, 6.45) is 0.228. The first-order valence-electron chi connectivity index (χ1n) is 5.56. The molecule has 2 N–H and O–H groups in total. The van der Waals surface area contributed by atoms with E-state index in [0.717, 1.165) is 16.1 Å². The van der Waals surface area contributed by atoms with Gasteiger partial charge in [-0.25, -0.2) is 4.98 Å². The van der Waals surface area contributed by atoms with E-state index in [2.05, 4.69) is 10.3 Å². The number of thiazole rings is 1. The Hall–Kier alpha value is -1.88. The minimum atomic E-state index is -0.130. The molecule has 0 spiro atoms. The molecule has 1 amide bonds. The van der Waals surface area contributed by atoms with Crippen molar-refractivity contribution in [2.45, 2.75) is 20.3 Å². The van der Waals surface area contributed by atoms with E-state index in [-0.39, 0.29) is 18.1 Å². The standard InChI is InChI=1S/C13H14N2O2S/c1-8-9(2)18-13(14-8)15-12(17)7-10-4-3-5-11(16)6-10/h3-6,16H,7H2,1-2H3,(H,14,15,17). The van der Waals surface area contributed by atoms with Crippen LogP contribution in [0.3, 0.4) is 0 Å². The minimum Gasteiger partial charge on any atom is -0.508 e. The van der Waals surface area contributed by atoms with Gasteiger partial charge < -0.3 is 10.4 Å². The number of nitrogens with zero attached hydrogens (tertiary/aromatic N) is 1. The third-order valence-corrected chi connectivity index (χ3v) is 3.54. The Balaban J connectivity index is 2.01. The molecular weight excluding hydrogens is 248 g/mol. The summed E-state index contributed by atoms with van der Waals surface area (Å²) in [6.45, 7) is 3.88. The van der Waals surface area contributed by atoms with Gasteiger partial charge >= 0.3 is 0 Å². The van der Waals surface area contributed by atoms with Crippen molar-refractivity contribution in [3.63, 3.8) is 0 Å². The maximum absolute atomic E-state index is 11.8. The highest BCUT2D eigenvalue weighted by Gasteiger charge is 2.08. The molecule has 5 heteroatoms. The molecule has 0 saturated carbocycles. The molecule has 4 nitrogen and oxygen atoms in total. The number of aryl methyl sites for hydroxylation is 2. The molecule has 0 radical (unpaired) electrons. The minimum absolute atomic E-state index is 0.130. The number of rotatable bonds is 3. The highest BCUT2D eigenvalue weighted by molar-refractivity contribution is 7.15. The molecule has 94 valence electrons. The fraction of sp³-hybridized carbons (Fsp3) is 0.231. The number of hydrogen-bond acceptors (Lipinski definition) is 4. The lowest BCUT2D eigenvalue weighted by molar-refractivity contribution is -0.115. The molecule has 1 aromatic carbocycles. The number of aromatic hydroxyl groups is 1. The van der Waals surface area contributed by atoms with Gasteiger partial charge in [-0.15, -0.1) is 11.3 Å². The molecule has 2 aromatic rings. The first kappa shape index (κ1) is 12.6.